The van der Waals surface area contributed by atoms with Gasteiger partial charge in [-0.15, -0.1) is 0 Å². The van der Waals surface area contributed by atoms with E-state index in [1.165, 1.54) is 6.42 Å². The van der Waals surface area contributed by atoms with E-state index in [-0.39, 0.29) is 31.3 Å². The summed E-state index contributed by atoms with van der Waals surface area (Å²) < 4.78 is 16.2. The summed E-state index contributed by atoms with van der Waals surface area (Å²) in [5.74, 6) is 1.88. The molecule has 160 valence electrons. The molecule has 1 N–H and O–H groups in total. The first-order chi connectivity index (χ1) is 14.2. The van der Waals surface area contributed by atoms with Crippen molar-refractivity contribution in [2.75, 3.05) is 46.8 Å². The molecule has 3 aliphatic heterocycles. The van der Waals surface area contributed by atoms with E-state index in [0.717, 1.165) is 32.5 Å². The summed E-state index contributed by atoms with van der Waals surface area (Å²) in [6.07, 6.45) is 3.33. The normalized spacial score (nSPS) is 29.0. The monoisotopic (exact) mass is 404 g/mol. The van der Waals surface area contributed by atoms with E-state index < -0.39 is 0 Å². The number of carbonyl (C=O) groups excluding carboxylic acids is 1. The Balaban J connectivity index is 1.51. The van der Waals surface area contributed by atoms with Crippen LogP contribution in [-0.2, 0) is 4.74 Å². The van der Waals surface area contributed by atoms with Crippen LogP contribution in [0.5, 0.6) is 11.5 Å². The summed E-state index contributed by atoms with van der Waals surface area (Å²) in [5, 5.41) is 10.2. The SMILES string of the molecule is CC[C@@H]1CN(C(=O)c2ccc3c(c2)OCO3)[C@H](CO)[C@@H]1CN1CCC[C@@H]1COC. The van der Waals surface area contributed by atoms with Crippen LogP contribution < -0.4 is 9.47 Å². The minimum absolute atomic E-state index is 0.0136. The van der Waals surface area contributed by atoms with Gasteiger partial charge in [0, 0.05) is 31.8 Å². The van der Waals surface area contributed by atoms with Gasteiger partial charge >= 0.3 is 0 Å². The Morgan fingerprint density at radius 1 is 1.31 bits per heavy atom. The molecule has 0 spiro atoms. The van der Waals surface area contributed by atoms with E-state index in [1.54, 1.807) is 25.3 Å². The minimum atomic E-state index is -0.165. The zero-order valence-corrected chi connectivity index (χ0v) is 17.4. The number of ether oxygens (including phenoxy) is 3. The van der Waals surface area contributed by atoms with Gasteiger partial charge in [-0.25, -0.2) is 0 Å². The molecular formula is C22H32N2O5. The molecule has 2 saturated heterocycles. The van der Waals surface area contributed by atoms with Crippen molar-refractivity contribution in [1.29, 1.82) is 0 Å². The number of hydrogen-bond donors (Lipinski definition) is 1. The summed E-state index contributed by atoms with van der Waals surface area (Å²) in [6, 6.07) is 5.60. The number of rotatable bonds is 7. The maximum Gasteiger partial charge on any atom is 0.254 e. The van der Waals surface area contributed by atoms with Gasteiger partial charge in [0.25, 0.3) is 5.91 Å². The second kappa shape index (κ2) is 8.90. The molecular weight excluding hydrogens is 372 g/mol. The van der Waals surface area contributed by atoms with Crippen molar-refractivity contribution in [1.82, 2.24) is 9.80 Å². The van der Waals surface area contributed by atoms with Gasteiger partial charge < -0.3 is 24.2 Å². The second-order valence-electron chi connectivity index (χ2n) is 8.35. The highest BCUT2D eigenvalue weighted by Gasteiger charge is 2.44. The van der Waals surface area contributed by atoms with Crippen molar-refractivity contribution in [3.05, 3.63) is 23.8 Å². The molecule has 0 aliphatic carbocycles. The van der Waals surface area contributed by atoms with E-state index in [0.29, 0.717) is 35.6 Å². The van der Waals surface area contributed by atoms with Gasteiger partial charge in [0.1, 0.15) is 0 Å². The van der Waals surface area contributed by atoms with E-state index in [4.69, 9.17) is 14.2 Å². The smallest absolute Gasteiger partial charge is 0.254 e. The molecule has 1 amide bonds. The number of methoxy groups -OCH3 is 1. The number of amides is 1. The lowest BCUT2D eigenvalue weighted by Gasteiger charge is -2.32. The number of fused-ring (bicyclic) bond motifs is 1. The van der Waals surface area contributed by atoms with Crippen molar-refractivity contribution in [3.8, 4) is 11.5 Å². The van der Waals surface area contributed by atoms with Gasteiger partial charge in [-0.2, -0.15) is 0 Å². The van der Waals surface area contributed by atoms with E-state index in [2.05, 4.69) is 11.8 Å². The van der Waals surface area contributed by atoms with E-state index in [1.807, 2.05) is 4.90 Å². The molecule has 0 aromatic heterocycles. The van der Waals surface area contributed by atoms with Crippen LogP contribution in [0.25, 0.3) is 0 Å². The van der Waals surface area contributed by atoms with Crippen molar-refractivity contribution >= 4 is 5.91 Å². The first kappa shape index (κ1) is 20.4. The Labute approximate surface area is 172 Å². The van der Waals surface area contributed by atoms with Gasteiger partial charge in [-0.1, -0.05) is 13.3 Å². The fraction of sp³-hybridized carbons (Fsp3) is 0.682. The summed E-state index contributed by atoms with van der Waals surface area (Å²) >= 11 is 0. The van der Waals surface area contributed by atoms with Crippen LogP contribution in [0, 0.1) is 11.8 Å². The fourth-order valence-corrected chi connectivity index (χ4v) is 5.22. The van der Waals surface area contributed by atoms with Gasteiger partial charge in [0.05, 0.1) is 19.3 Å². The van der Waals surface area contributed by atoms with Gasteiger partial charge in [-0.3, -0.25) is 9.69 Å². The summed E-state index contributed by atoms with van der Waals surface area (Å²) in [5.41, 5.74) is 0.585. The number of aliphatic hydroxyl groups excluding tert-OH is 1. The maximum atomic E-state index is 13.3. The average molecular weight is 405 g/mol. The first-order valence-corrected chi connectivity index (χ1v) is 10.7. The van der Waals surface area contributed by atoms with Crippen LogP contribution in [-0.4, -0.2) is 79.6 Å². The summed E-state index contributed by atoms with van der Waals surface area (Å²) in [6.45, 7) is 5.75. The molecule has 7 nitrogen and oxygen atoms in total. The lowest BCUT2D eigenvalue weighted by molar-refractivity contribution is 0.0578. The molecule has 2 fully saturated rings. The van der Waals surface area contributed by atoms with Crippen LogP contribution in [0.2, 0.25) is 0 Å². The van der Waals surface area contributed by atoms with Crippen LogP contribution in [0.15, 0.2) is 18.2 Å². The Morgan fingerprint density at radius 2 is 2.14 bits per heavy atom. The topological polar surface area (TPSA) is 71.5 Å². The molecule has 7 heteroatoms. The highest BCUT2D eigenvalue weighted by Crippen LogP contribution is 2.37. The largest absolute Gasteiger partial charge is 0.454 e. The Bertz CT molecular complexity index is 727. The summed E-state index contributed by atoms with van der Waals surface area (Å²) in [4.78, 5) is 17.7. The quantitative estimate of drug-likeness (QED) is 0.749. The minimum Gasteiger partial charge on any atom is -0.454 e. The molecule has 0 saturated carbocycles. The zero-order chi connectivity index (χ0) is 20.4. The molecule has 3 heterocycles. The van der Waals surface area contributed by atoms with E-state index in [9.17, 15) is 9.90 Å². The molecule has 1 aromatic rings. The fourth-order valence-electron chi connectivity index (χ4n) is 5.22. The third kappa shape index (κ3) is 3.96. The van der Waals surface area contributed by atoms with Crippen molar-refractivity contribution in [2.45, 2.75) is 38.3 Å². The third-order valence-electron chi connectivity index (χ3n) is 6.83. The van der Waals surface area contributed by atoms with E-state index >= 15 is 0 Å². The Kier molecular flexibility index (Phi) is 6.27. The van der Waals surface area contributed by atoms with Gasteiger partial charge in [0.15, 0.2) is 11.5 Å². The second-order valence-corrected chi connectivity index (χ2v) is 8.35. The predicted molar refractivity (Wildman–Crippen MR) is 108 cm³/mol. The molecule has 4 atom stereocenters. The number of hydrogen-bond acceptors (Lipinski definition) is 6. The first-order valence-electron chi connectivity index (χ1n) is 10.7. The predicted octanol–water partition coefficient (Wildman–Crippen LogP) is 1.99. The highest BCUT2D eigenvalue weighted by molar-refractivity contribution is 5.95. The Hall–Kier alpha value is -1.83. The third-order valence-corrected chi connectivity index (χ3v) is 6.83. The van der Waals surface area contributed by atoms with Crippen LogP contribution in [0.3, 0.4) is 0 Å². The average Bonchev–Trinajstić information content (AvgIpc) is 3.46. The van der Waals surface area contributed by atoms with Crippen molar-refractivity contribution < 1.29 is 24.1 Å². The number of carbonyl (C=O) groups is 1. The molecule has 0 bridgehead atoms. The number of likely N-dealkylation sites (tertiary alicyclic amines) is 2. The van der Waals surface area contributed by atoms with Crippen molar-refractivity contribution in [2.24, 2.45) is 11.8 Å². The van der Waals surface area contributed by atoms with Crippen LogP contribution in [0.1, 0.15) is 36.5 Å². The van der Waals surface area contributed by atoms with Crippen LogP contribution in [0.4, 0.5) is 0 Å². The molecule has 3 aliphatic rings. The number of benzene rings is 1. The lowest BCUT2D eigenvalue weighted by Crippen LogP contribution is -2.45. The van der Waals surface area contributed by atoms with Crippen LogP contribution >= 0.6 is 0 Å². The Morgan fingerprint density at radius 3 is 2.90 bits per heavy atom. The van der Waals surface area contributed by atoms with Gasteiger partial charge in [0.2, 0.25) is 6.79 Å². The summed E-state index contributed by atoms with van der Waals surface area (Å²) in [7, 11) is 1.75. The highest BCUT2D eigenvalue weighted by atomic mass is 16.7. The number of nitrogens with zero attached hydrogens (tertiary/aromatic N) is 2. The number of aliphatic hydroxyl groups is 1. The molecule has 0 radical (unpaired) electrons. The molecule has 1 aromatic carbocycles. The standard InChI is InChI=1S/C22H32N2O5/c1-3-15-10-24(22(26)16-6-7-20-21(9-16)29-14-28-20)19(12-25)18(15)11-23-8-4-5-17(23)13-27-2/h6-7,9,15,17-19,25H,3-5,8,10-14H2,1-2H3/t15-,17-,18-,19-/m1/s1. The van der Waals surface area contributed by atoms with Gasteiger partial charge in [-0.05, 0) is 49.4 Å². The molecule has 4 rings (SSSR count). The lowest BCUT2D eigenvalue weighted by atomic mass is 9.88. The molecule has 0 unspecified atom stereocenters. The maximum absolute atomic E-state index is 13.3. The molecule has 29 heavy (non-hydrogen) atoms. The van der Waals surface area contributed by atoms with Crippen molar-refractivity contribution in [3.63, 3.8) is 0 Å². The zero-order valence-electron chi connectivity index (χ0n) is 17.4.